The van der Waals surface area contributed by atoms with Crippen molar-refractivity contribution in [2.75, 3.05) is 6.54 Å². The fraction of sp³-hybridized carbons (Fsp3) is 0.182. The van der Waals surface area contributed by atoms with Crippen LogP contribution in [0.4, 0.5) is 0 Å². The molecule has 0 saturated carbocycles. The van der Waals surface area contributed by atoms with Crippen LogP contribution in [-0.4, -0.2) is 6.54 Å². The molecule has 0 saturated heterocycles. The van der Waals surface area contributed by atoms with Gasteiger partial charge in [-0.2, -0.15) is 0 Å². The van der Waals surface area contributed by atoms with E-state index in [4.69, 9.17) is 11.6 Å². The lowest BCUT2D eigenvalue weighted by molar-refractivity contribution is -0.695. The van der Waals surface area contributed by atoms with Crippen molar-refractivity contribution in [1.29, 1.82) is 0 Å². The predicted octanol–water partition coefficient (Wildman–Crippen LogP) is 4.89. The highest BCUT2D eigenvalue weighted by Gasteiger charge is 2.24. The zero-order valence-corrected chi connectivity index (χ0v) is 15.6. The molecular weight excluding hydrogens is 346 g/mol. The topological polar surface area (TPSA) is 16.6 Å². The lowest BCUT2D eigenvalue weighted by atomic mass is 9.98. The number of nitrogens with two attached hydrogens (primary N) is 1. The summed E-state index contributed by atoms with van der Waals surface area (Å²) in [4.78, 5) is 2.69. The Hall–Kier alpha value is -1.74. The molecule has 0 spiro atoms. The van der Waals surface area contributed by atoms with Crippen LogP contribution in [0.15, 0.2) is 82.6 Å². The number of fused-ring (bicyclic) bond motifs is 2. The maximum absolute atomic E-state index is 6.25. The van der Waals surface area contributed by atoms with E-state index in [1.807, 2.05) is 17.8 Å². The Kier molecular flexibility index (Phi) is 5.12. The van der Waals surface area contributed by atoms with Crippen LogP contribution in [0.1, 0.15) is 22.7 Å². The molecule has 1 heterocycles. The van der Waals surface area contributed by atoms with Gasteiger partial charge in [0, 0.05) is 33.2 Å². The molecule has 1 atom stereocenters. The van der Waals surface area contributed by atoms with Gasteiger partial charge in [0.2, 0.25) is 0 Å². The normalized spacial score (nSPS) is 16.0. The van der Waals surface area contributed by atoms with E-state index in [9.17, 15) is 0 Å². The van der Waals surface area contributed by atoms with Crippen molar-refractivity contribution in [2.24, 2.45) is 0 Å². The molecule has 4 rings (SSSR count). The molecule has 126 valence electrons. The Morgan fingerprint density at radius 1 is 0.920 bits per heavy atom. The second-order valence-corrected chi connectivity index (χ2v) is 7.98. The minimum absolute atomic E-state index is 0.437. The molecule has 0 unspecified atom stereocenters. The Morgan fingerprint density at radius 3 is 2.60 bits per heavy atom. The standard InChI is InChI=1S/C22H20ClNS/c23-18-10-11-21-17(14-18)15-20(19-8-4-5-9-22(19)25-21)24-13-12-16-6-2-1-3-7-16/h1-11,14,20,24H,12-13,15H2/p+1/t20-/m0/s1. The van der Waals surface area contributed by atoms with Crippen molar-refractivity contribution in [3.05, 3.63) is 94.5 Å². The van der Waals surface area contributed by atoms with E-state index in [0.29, 0.717) is 6.04 Å². The highest BCUT2D eigenvalue weighted by molar-refractivity contribution is 7.99. The van der Waals surface area contributed by atoms with Crippen molar-refractivity contribution >= 4 is 23.4 Å². The molecule has 0 aliphatic carbocycles. The maximum atomic E-state index is 6.25. The SMILES string of the molecule is Clc1ccc2c(c1)C[C@H]([NH2+]CCc1ccccc1)c1ccccc1S2. The first-order chi connectivity index (χ1) is 12.3. The summed E-state index contributed by atoms with van der Waals surface area (Å²) in [7, 11) is 0. The lowest BCUT2D eigenvalue weighted by Crippen LogP contribution is -2.86. The van der Waals surface area contributed by atoms with Crippen LogP contribution in [0.2, 0.25) is 5.02 Å². The Morgan fingerprint density at radius 2 is 1.72 bits per heavy atom. The fourth-order valence-corrected chi connectivity index (χ4v) is 4.78. The maximum Gasteiger partial charge on any atom is 0.117 e. The summed E-state index contributed by atoms with van der Waals surface area (Å²) in [6.45, 7) is 1.09. The zero-order valence-electron chi connectivity index (χ0n) is 14.0. The Labute approximate surface area is 158 Å². The third-order valence-corrected chi connectivity index (χ3v) is 6.17. The molecule has 3 aromatic rings. The second-order valence-electron chi connectivity index (χ2n) is 6.46. The molecule has 0 bridgehead atoms. The molecule has 1 aliphatic rings. The van der Waals surface area contributed by atoms with E-state index >= 15 is 0 Å². The second kappa shape index (κ2) is 7.65. The summed E-state index contributed by atoms with van der Waals surface area (Å²) < 4.78 is 0. The van der Waals surface area contributed by atoms with Gasteiger partial charge < -0.3 is 5.32 Å². The van der Waals surface area contributed by atoms with Crippen molar-refractivity contribution < 1.29 is 5.32 Å². The van der Waals surface area contributed by atoms with E-state index in [1.165, 1.54) is 26.5 Å². The van der Waals surface area contributed by atoms with Gasteiger partial charge in [0.25, 0.3) is 0 Å². The van der Waals surface area contributed by atoms with E-state index in [0.717, 1.165) is 24.4 Å². The van der Waals surface area contributed by atoms with Crippen LogP contribution < -0.4 is 5.32 Å². The summed E-state index contributed by atoms with van der Waals surface area (Å²) in [6.07, 6.45) is 2.11. The number of halogens is 1. The largest absolute Gasteiger partial charge is 0.339 e. The summed E-state index contributed by atoms with van der Waals surface area (Å²) in [5.41, 5.74) is 4.20. The first-order valence-electron chi connectivity index (χ1n) is 8.72. The minimum Gasteiger partial charge on any atom is -0.339 e. The van der Waals surface area contributed by atoms with Crippen LogP contribution in [0, 0.1) is 0 Å². The number of hydrogen-bond donors (Lipinski definition) is 1. The lowest BCUT2D eigenvalue weighted by Gasteiger charge is -2.16. The molecule has 25 heavy (non-hydrogen) atoms. The molecular formula is C22H21ClNS+. The van der Waals surface area contributed by atoms with Crippen molar-refractivity contribution in [2.45, 2.75) is 28.7 Å². The monoisotopic (exact) mass is 366 g/mol. The first kappa shape index (κ1) is 16.7. The smallest absolute Gasteiger partial charge is 0.117 e. The number of hydrogen-bond acceptors (Lipinski definition) is 1. The highest BCUT2D eigenvalue weighted by Crippen LogP contribution is 2.40. The van der Waals surface area contributed by atoms with Gasteiger partial charge in [-0.15, -0.1) is 0 Å². The van der Waals surface area contributed by atoms with Crippen molar-refractivity contribution in [3.63, 3.8) is 0 Å². The average molecular weight is 367 g/mol. The summed E-state index contributed by atoms with van der Waals surface area (Å²) in [6, 6.07) is 26.2. The van der Waals surface area contributed by atoms with Crippen LogP contribution in [0.5, 0.6) is 0 Å². The zero-order chi connectivity index (χ0) is 17.1. The summed E-state index contributed by atoms with van der Waals surface area (Å²) in [5, 5.41) is 3.32. The van der Waals surface area contributed by atoms with Gasteiger partial charge in [-0.3, -0.25) is 0 Å². The molecule has 0 fully saturated rings. The number of benzene rings is 3. The van der Waals surface area contributed by atoms with E-state index in [2.05, 4.69) is 72.0 Å². The molecule has 0 radical (unpaired) electrons. The highest BCUT2D eigenvalue weighted by atomic mass is 35.5. The van der Waals surface area contributed by atoms with Crippen molar-refractivity contribution in [3.8, 4) is 0 Å². The first-order valence-corrected chi connectivity index (χ1v) is 9.91. The molecule has 0 amide bonds. The minimum atomic E-state index is 0.437. The molecule has 1 aliphatic heterocycles. The van der Waals surface area contributed by atoms with Gasteiger partial charge >= 0.3 is 0 Å². The van der Waals surface area contributed by atoms with Crippen LogP contribution in [0.3, 0.4) is 0 Å². The Balaban J connectivity index is 1.57. The molecule has 1 nitrogen and oxygen atoms in total. The van der Waals surface area contributed by atoms with E-state index in [1.54, 1.807) is 0 Å². The third kappa shape index (κ3) is 3.92. The average Bonchev–Trinajstić information content (AvgIpc) is 2.79. The summed E-state index contributed by atoms with van der Waals surface area (Å²) >= 11 is 8.12. The van der Waals surface area contributed by atoms with Gasteiger partial charge in [0.1, 0.15) is 6.04 Å². The van der Waals surface area contributed by atoms with Crippen LogP contribution in [0.25, 0.3) is 0 Å². The molecule has 3 aromatic carbocycles. The molecule has 0 aromatic heterocycles. The van der Waals surface area contributed by atoms with Gasteiger partial charge in [-0.25, -0.2) is 0 Å². The molecule has 2 N–H and O–H groups in total. The van der Waals surface area contributed by atoms with Crippen LogP contribution in [-0.2, 0) is 12.8 Å². The fourth-order valence-electron chi connectivity index (χ4n) is 3.46. The quantitative estimate of drug-likeness (QED) is 0.695. The predicted molar refractivity (Wildman–Crippen MR) is 105 cm³/mol. The number of rotatable bonds is 4. The van der Waals surface area contributed by atoms with Crippen molar-refractivity contribution in [1.82, 2.24) is 0 Å². The van der Waals surface area contributed by atoms with Gasteiger partial charge in [0.05, 0.1) is 6.54 Å². The summed E-state index contributed by atoms with van der Waals surface area (Å²) in [5.74, 6) is 0. The van der Waals surface area contributed by atoms with Gasteiger partial charge in [-0.05, 0) is 35.4 Å². The molecule has 3 heteroatoms. The third-order valence-electron chi connectivity index (χ3n) is 4.73. The van der Waals surface area contributed by atoms with Gasteiger partial charge in [-0.1, -0.05) is 71.9 Å². The van der Waals surface area contributed by atoms with Crippen LogP contribution >= 0.6 is 23.4 Å². The Bertz CT molecular complexity index is 863. The van der Waals surface area contributed by atoms with Gasteiger partial charge in [0.15, 0.2) is 0 Å². The van der Waals surface area contributed by atoms with E-state index < -0.39 is 0 Å². The van der Waals surface area contributed by atoms with E-state index in [-0.39, 0.29) is 0 Å². The number of quaternary nitrogens is 1.